The number of benzene rings is 1. The van der Waals surface area contributed by atoms with Gasteiger partial charge < -0.3 is 10.2 Å². The van der Waals surface area contributed by atoms with Gasteiger partial charge in [-0.2, -0.15) is 5.10 Å². The fraction of sp³-hybridized carbons (Fsp3) is 0.370. The van der Waals surface area contributed by atoms with Crippen LogP contribution in [0, 0.1) is 6.92 Å². The Labute approximate surface area is 235 Å². The summed E-state index contributed by atoms with van der Waals surface area (Å²) in [4.78, 5) is 37.9. The van der Waals surface area contributed by atoms with Gasteiger partial charge >= 0.3 is 0 Å². The van der Waals surface area contributed by atoms with E-state index in [1.54, 1.807) is 36.2 Å². The number of aromatic nitrogens is 5. The Kier molecular flexibility index (Phi) is 7.81. The zero-order valence-corrected chi connectivity index (χ0v) is 23.9. The summed E-state index contributed by atoms with van der Waals surface area (Å²) in [7, 11) is 1.80. The van der Waals surface area contributed by atoms with Crippen molar-refractivity contribution in [2.75, 3.05) is 29.6 Å². The van der Waals surface area contributed by atoms with Crippen LogP contribution in [0.5, 0.6) is 0 Å². The molecule has 39 heavy (non-hydrogen) atoms. The number of hydrogen-bond acceptors (Lipinski definition) is 8. The topological polar surface area (TPSA) is 121 Å². The van der Waals surface area contributed by atoms with Gasteiger partial charge in [0.15, 0.2) is 5.69 Å². The predicted octanol–water partition coefficient (Wildman–Crippen LogP) is 4.58. The maximum Gasteiger partial charge on any atom is 0.281 e. The van der Waals surface area contributed by atoms with Crippen LogP contribution in [0.4, 0.5) is 11.5 Å². The van der Waals surface area contributed by atoms with Crippen molar-refractivity contribution in [2.45, 2.75) is 38.6 Å². The second kappa shape index (κ2) is 11.3. The lowest BCUT2D eigenvalue weighted by atomic mass is 9.95. The first-order valence-corrected chi connectivity index (χ1v) is 14.4. The van der Waals surface area contributed by atoms with E-state index in [4.69, 9.17) is 16.6 Å². The van der Waals surface area contributed by atoms with Gasteiger partial charge in [0.1, 0.15) is 16.8 Å². The summed E-state index contributed by atoms with van der Waals surface area (Å²) in [5, 5.41) is 11.3. The molecule has 1 amide bonds. The van der Waals surface area contributed by atoms with Crippen molar-refractivity contribution >= 4 is 51.9 Å². The number of pyridine rings is 1. The predicted molar refractivity (Wildman–Crippen MR) is 157 cm³/mol. The van der Waals surface area contributed by atoms with Crippen LogP contribution in [0.2, 0.25) is 5.15 Å². The molecule has 1 aromatic carbocycles. The number of piperidine rings is 1. The van der Waals surface area contributed by atoms with Gasteiger partial charge in [-0.25, -0.2) is 9.97 Å². The van der Waals surface area contributed by atoms with Gasteiger partial charge in [-0.15, -0.1) is 0 Å². The normalized spacial score (nSPS) is 16.3. The maximum absolute atomic E-state index is 13.6. The summed E-state index contributed by atoms with van der Waals surface area (Å²) in [5.41, 5.74) is 3.16. The molecule has 1 aliphatic rings. The molecule has 10 nitrogen and oxygen atoms in total. The summed E-state index contributed by atoms with van der Waals surface area (Å²) >= 11 is 7.29. The van der Waals surface area contributed by atoms with Crippen molar-refractivity contribution in [3.05, 3.63) is 74.7 Å². The molecule has 0 radical (unpaired) electrons. The number of carbonyl (C=O) groups excluding carboxylic acids is 1. The number of hydrogen-bond donors (Lipinski definition) is 3. The molecule has 0 aliphatic carbocycles. The summed E-state index contributed by atoms with van der Waals surface area (Å²) < 4.78 is 4.40. The molecule has 3 N–H and O–H groups in total. The van der Waals surface area contributed by atoms with Crippen LogP contribution >= 0.6 is 23.5 Å². The highest BCUT2D eigenvalue weighted by atomic mass is 35.5. The molecule has 0 unspecified atom stereocenters. The van der Waals surface area contributed by atoms with E-state index >= 15 is 0 Å². The molecule has 204 valence electrons. The molecule has 4 aromatic rings. The van der Waals surface area contributed by atoms with Gasteiger partial charge in [-0.05, 0) is 50.5 Å². The maximum atomic E-state index is 13.6. The zero-order valence-electron chi connectivity index (χ0n) is 22.3. The molecule has 1 fully saturated rings. The van der Waals surface area contributed by atoms with E-state index in [1.807, 2.05) is 32.0 Å². The Morgan fingerprint density at radius 1 is 1.26 bits per heavy atom. The van der Waals surface area contributed by atoms with Crippen molar-refractivity contribution in [1.82, 2.24) is 29.5 Å². The highest BCUT2D eigenvalue weighted by Crippen LogP contribution is 2.31. The Bertz CT molecular complexity index is 1570. The molecule has 1 aliphatic heterocycles. The summed E-state index contributed by atoms with van der Waals surface area (Å²) in [6, 6.07) is 8.99. The van der Waals surface area contributed by atoms with Crippen LogP contribution in [0.15, 0.2) is 41.3 Å². The number of amides is 1. The van der Waals surface area contributed by atoms with Crippen molar-refractivity contribution in [3.63, 3.8) is 0 Å². The molecule has 12 heteroatoms. The van der Waals surface area contributed by atoms with E-state index in [0.29, 0.717) is 16.6 Å². The van der Waals surface area contributed by atoms with E-state index in [-0.39, 0.29) is 34.3 Å². The van der Waals surface area contributed by atoms with E-state index in [9.17, 15) is 9.59 Å². The number of aryl methyl sites for hydroxylation is 1. The minimum atomic E-state index is -0.345. The largest absolute Gasteiger partial charge is 0.377 e. The van der Waals surface area contributed by atoms with Crippen LogP contribution < -0.4 is 20.5 Å². The molecular weight excluding hydrogens is 536 g/mol. The number of rotatable bonds is 7. The van der Waals surface area contributed by atoms with Crippen LogP contribution in [0.25, 0.3) is 10.9 Å². The van der Waals surface area contributed by atoms with Gasteiger partial charge in [-0.1, -0.05) is 29.6 Å². The third-order valence-electron chi connectivity index (χ3n) is 7.11. The highest BCUT2D eigenvalue weighted by Gasteiger charge is 2.27. The lowest BCUT2D eigenvalue weighted by Crippen LogP contribution is -2.37. The molecule has 0 spiro atoms. The van der Waals surface area contributed by atoms with Crippen LogP contribution in [-0.2, 0) is 7.05 Å². The van der Waals surface area contributed by atoms with Crippen LogP contribution in [0.3, 0.4) is 0 Å². The van der Waals surface area contributed by atoms with E-state index in [2.05, 4.69) is 30.1 Å². The summed E-state index contributed by atoms with van der Waals surface area (Å²) in [6.45, 7) is 5.62. The minimum absolute atomic E-state index is 0.0704. The number of anilines is 2. The number of fused-ring (bicyclic) bond motifs is 1. The monoisotopic (exact) mass is 566 g/mol. The molecule has 5 rings (SSSR count). The molecule has 2 atom stereocenters. The first kappa shape index (κ1) is 27.0. The fourth-order valence-electron chi connectivity index (χ4n) is 5.27. The zero-order chi connectivity index (χ0) is 27.7. The number of carbonyl (C=O) groups is 1. The van der Waals surface area contributed by atoms with Crippen molar-refractivity contribution in [1.29, 1.82) is 0 Å². The van der Waals surface area contributed by atoms with Crippen molar-refractivity contribution in [2.24, 2.45) is 7.05 Å². The summed E-state index contributed by atoms with van der Waals surface area (Å²) in [6.07, 6.45) is 5.44. The molecule has 4 heterocycles. The van der Waals surface area contributed by atoms with Gasteiger partial charge in [0, 0.05) is 43.9 Å². The SMILES string of the molecule is CSNC(=O)c1nc(Cl)ccc1N[C@H](C)c1cc(C)cc2c(=O)n(C)c([C@@H]3CCCN(c4ccn[nH]4)C3)nc12. The average molecular weight is 567 g/mol. The standard InChI is InChI=1S/C27H31ClN8O2S/c1-15-12-18(16(2)30-20-7-8-21(28)31-24(20)26(37)34-39-4)23-19(13-15)27(38)35(3)25(32-23)17-6-5-11-36(14-17)22-9-10-29-33-22/h7-10,12-13,16-17,30H,5-6,11,14H2,1-4H3,(H,29,33)(H,34,37)/t16-,17-/m1/s1. The number of aromatic amines is 1. The lowest BCUT2D eigenvalue weighted by molar-refractivity contribution is 0.0980. The number of H-pyrrole nitrogens is 1. The van der Waals surface area contributed by atoms with E-state index < -0.39 is 0 Å². The molecular formula is C27H31ClN8O2S. The molecule has 3 aromatic heterocycles. The Morgan fingerprint density at radius 2 is 2.08 bits per heavy atom. The van der Waals surface area contributed by atoms with E-state index in [1.165, 1.54) is 11.9 Å². The molecule has 1 saturated heterocycles. The minimum Gasteiger partial charge on any atom is -0.377 e. The van der Waals surface area contributed by atoms with E-state index in [0.717, 1.165) is 48.7 Å². The second-order valence-electron chi connectivity index (χ2n) is 9.84. The average Bonchev–Trinajstić information content (AvgIpc) is 3.47. The van der Waals surface area contributed by atoms with Gasteiger partial charge in [-0.3, -0.25) is 24.0 Å². The van der Waals surface area contributed by atoms with Crippen LogP contribution in [0.1, 0.15) is 59.2 Å². The number of nitrogens with one attached hydrogen (secondary N) is 3. The molecule has 0 saturated carbocycles. The Balaban J connectivity index is 1.55. The van der Waals surface area contributed by atoms with Crippen molar-refractivity contribution < 1.29 is 4.79 Å². The second-order valence-corrected chi connectivity index (χ2v) is 10.8. The first-order valence-electron chi connectivity index (χ1n) is 12.8. The number of halogens is 1. The van der Waals surface area contributed by atoms with Crippen molar-refractivity contribution in [3.8, 4) is 0 Å². The fourth-order valence-corrected chi connectivity index (χ4v) is 5.70. The third-order valence-corrected chi connectivity index (χ3v) is 7.71. The van der Waals surface area contributed by atoms with Crippen LogP contribution in [-0.4, -0.2) is 50.0 Å². The number of nitrogens with zero attached hydrogens (tertiary/aromatic N) is 5. The first-order chi connectivity index (χ1) is 18.8. The quantitative estimate of drug-likeness (QED) is 0.220. The van der Waals surface area contributed by atoms with Gasteiger partial charge in [0.2, 0.25) is 0 Å². The lowest BCUT2D eigenvalue weighted by Gasteiger charge is -2.33. The molecule has 0 bridgehead atoms. The Hall–Kier alpha value is -3.57. The highest BCUT2D eigenvalue weighted by molar-refractivity contribution is 7.97. The van der Waals surface area contributed by atoms with Gasteiger partial charge in [0.05, 0.1) is 28.8 Å². The van der Waals surface area contributed by atoms with Gasteiger partial charge in [0.25, 0.3) is 11.5 Å². The summed E-state index contributed by atoms with van der Waals surface area (Å²) in [5.74, 6) is 1.48. The third kappa shape index (κ3) is 5.46. The Morgan fingerprint density at radius 3 is 2.82 bits per heavy atom. The smallest absolute Gasteiger partial charge is 0.281 e.